The standard InChI is InChI=1S/C21H22ClN3OS/c1-13-4-6-16(15(3)12-13)20(26)24-8-10-25(11-9-24)21-23-18-14(2)5-7-17(22)19(18)27-21/h4-7,12H,8-11H2,1-3H3. The fraction of sp³-hybridized carbons (Fsp3) is 0.333. The minimum atomic E-state index is 0.121. The Kier molecular flexibility index (Phi) is 4.82. The first-order valence-electron chi connectivity index (χ1n) is 9.11. The number of anilines is 1. The molecule has 0 unspecified atom stereocenters. The van der Waals surface area contributed by atoms with E-state index in [1.165, 1.54) is 5.56 Å². The first-order chi connectivity index (χ1) is 12.9. The number of amides is 1. The van der Waals surface area contributed by atoms with Gasteiger partial charge in [0.15, 0.2) is 5.13 Å². The number of carbonyl (C=O) groups is 1. The van der Waals surface area contributed by atoms with Crippen LogP contribution in [0.5, 0.6) is 0 Å². The van der Waals surface area contributed by atoms with E-state index in [-0.39, 0.29) is 5.91 Å². The molecule has 0 radical (unpaired) electrons. The maximum atomic E-state index is 12.9. The van der Waals surface area contributed by atoms with Crippen molar-refractivity contribution in [2.45, 2.75) is 20.8 Å². The molecule has 1 fully saturated rings. The third kappa shape index (κ3) is 3.42. The van der Waals surface area contributed by atoms with Gasteiger partial charge in [-0.25, -0.2) is 4.98 Å². The molecule has 140 valence electrons. The molecule has 0 spiro atoms. The van der Waals surface area contributed by atoms with Gasteiger partial charge in [-0.2, -0.15) is 0 Å². The van der Waals surface area contributed by atoms with Crippen LogP contribution < -0.4 is 4.90 Å². The van der Waals surface area contributed by atoms with Gasteiger partial charge in [-0.1, -0.05) is 46.7 Å². The summed E-state index contributed by atoms with van der Waals surface area (Å²) in [5.41, 5.74) is 5.14. The van der Waals surface area contributed by atoms with Crippen LogP contribution in [0.25, 0.3) is 10.2 Å². The predicted molar refractivity (Wildman–Crippen MR) is 113 cm³/mol. The van der Waals surface area contributed by atoms with Crippen molar-refractivity contribution in [1.82, 2.24) is 9.88 Å². The Labute approximate surface area is 168 Å². The van der Waals surface area contributed by atoms with Crippen LogP contribution >= 0.6 is 22.9 Å². The Balaban J connectivity index is 1.50. The van der Waals surface area contributed by atoms with E-state index in [1.807, 2.05) is 43.0 Å². The molecule has 2 heterocycles. The van der Waals surface area contributed by atoms with Crippen molar-refractivity contribution in [2.75, 3.05) is 31.1 Å². The molecule has 1 amide bonds. The monoisotopic (exact) mass is 399 g/mol. The third-order valence-electron chi connectivity index (χ3n) is 5.14. The number of hydrogen-bond acceptors (Lipinski definition) is 4. The van der Waals surface area contributed by atoms with Crippen molar-refractivity contribution in [3.63, 3.8) is 0 Å². The maximum absolute atomic E-state index is 12.9. The molecule has 3 aromatic rings. The van der Waals surface area contributed by atoms with E-state index in [1.54, 1.807) is 11.3 Å². The van der Waals surface area contributed by atoms with Gasteiger partial charge < -0.3 is 9.80 Å². The number of piperazine rings is 1. The third-order valence-corrected chi connectivity index (χ3v) is 6.71. The molecule has 2 aromatic carbocycles. The van der Waals surface area contributed by atoms with E-state index < -0.39 is 0 Å². The summed E-state index contributed by atoms with van der Waals surface area (Å²) in [5.74, 6) is 0.121. The average molecular weight is 400 g/mol. The SMILES string of the molecule is Cc1ccc(C(=O)N2CCN(c3nc4c(C)ccc(Cl)c4s3)CC2)c(C)c1. The van der Waals surface area contributed by atoms with E-state index in [0.29, 0.717) is 13.1 Å². The first-order valence-corrected chi connectivity index (χ1v) is 10.3. The molecular formula is C21H22ClN3OS. The molecule has 4 nitrogen and oxygen atoms in total. The molecule has 27 heavy (non-hydrogen) atoms. The predicted octanol–water partition coefficient (Wildman–Crippen LogP) is 4.84. The number of fused-ring (bicyclic) bond motifs is 1. The molecule has 1 saturated heterocycles. The number of thiazole rings is 1. The van der Waals surface area contributed by atoms with Gasteiger partial charge in [0.2, 0.25) is 0 Å². The van der Waals surface area contributed by atoms with Crippen molar-refractivity contribution < 1.29 is 4.79 Å². The fourth-order valence-electron chi connectivity index (χ4n) is 3.55. The molecule has 0 aliphatic carbocycles. The second-order valence-electron chi connectivity index (χ2n) is 7.14. The molecule has 6 heteroatoms. The Bertz CT molecular complexity index is 983. The highest BCUT2D eigenvalue weighted by molar-refractivity contribution is 7.22. The average Bonchev–Trinajstić information content (AvgIpc) is 3.11. The fourth-order valence-corrected chi connectivity index (χ4v) is 4.92. The van der Waals surface area contributed by atoms with Gasteiger partial charge >= 0.3 is 0 Å². The lowest BCUT2D eigenvalue weighted by Gasteiger charge is -2.34. The van der Waals surface area contributed by atoms with Crippen LogP contribution in [0.1, 0.15) is 27.0 Å². The van der Waals surface area contributed by atoms with Crippen LogP contribution in [-0.2, 0) is 0 Å². The van der Waals surface area contributed by atoms with Gasteiger partial charge in [0.05, 0.1) is 15.2 Å². The zero-order valence-corrected chi connectivity index (χ0v) is 17.3. The number of halogens is 1. The molecule has 4 rings (SSSR count). The van der Waals surface area contributed by atoms with Gasteiger partial charge in [-0.15, -0.1) is 0 Å². The second kappa shape index (κ2) is 7.13. The van der Waals surface area contributed by atoms with Crippen molar-refractivity contribution in [3.8, 4) is 0 Å². The number of benzene rings is 2. The first kappa shape index (κ1) is 18.3. The van der Waals surface area contributed by atoms with Gasteiger partial charge in [-0.05, 0) is 44.0 Å². The van der Waals surface area contributed by atoms with E-state index >= 15 is 0 Å². The molecular weight excluding hydrogens is 378 g/mol. The largest absolute Gasteiger partial charge is 0.345 e. The van der Waals surface area contributed by atoms with Crippen LogP contribution in [0.2, 0.25) is 5.02 Å². The molecule has 1 aliphatic heterocycles. The topological polar surface area (TPSA) is 36.4 Å². The number of carbonyl (C=O) groups excluding carboxylic acids is 1. The van der Waals surface area contributed by atoms with Crippen molar-refractivity contribution in [1.29, 1.82) is 0 Å². The Morgan fingerprint density at radius 2 is 1.78 bits per heavy atom. The number of rotatable bonds is 2. The number of aromatic nitrogens is 1. The van der Waals surface area contributed by atoms with E-state index in [0.717, 1.165) is 50.2 Å². The smallest absolute Gasteiger partial charge is 0.254 e. The Morgan fingerprint density at radius 1 is 1.04 bits per heavy atom. The van der Waals surface area contributed by atoms with Gasteiger partial charge in [0.1, 0.15) is 0 Å². The lowest BCUT2D eigenvalue weighted by Crippen LogP contribution is -2.48. The molecule has 0 atom stereocenters. The van der Waals surface area contributed by atoms with E-state index in [4.69, 9.17) is 16.6 Å². The molecule has 1 aliphatic rings. The van der Waals surface area contributed by atoms with Crippen molar-refractivity contribution >= 4 is 44.2 Å². The van der Waals surface area contributed by atoms with Crippen molar-refractivity contribution in [3.05, 3.63) is 57.6 Å². The van der Waals surface area contributed by atoms with Crippen LogP contribution in [0.15, 0.2) is 30.3 Å². The lowest BCUT2D eigenvalue weighted by atomic mass is 10.0. The Morgan fingerprint density at radius 3 is 2.44 bits per heavy atom. The Hall–Kier alpha value is -2.11. The number of nitrogens with zero attached hydrogens (tertiary/aromatic N) is 3. The highest BCUT2D eigenvalue weighted by Gasteiger charge is 2.25. The summed E-state index contributed by atoms with van der Waals surface area (Å²) < 4.78 is 1.04. The lowest BCUT2D eigenvalue weighted by molar-refractivity contribution is 0.0746. The van der Waals surface area contributed by atoms with Crippen molar-refractivity contribution in [2.24, 2.45) is 0 Å². The normalized spacial score (nSPS) is 14.8. The zero-order valence-electron chi connectivity index (χ0n) is 15.8. The van der Waals surface area contributed by atoms with Crippen LogP contribution in [0.4, 0.5) is 5.13 Å². The molecule has 0 bridgehead atoms. The summed E-state index contributed by atoms with van der Waals surface area (Å²) >= 11 is 7.97. The number of aryl methyl sites for hydroxylation is 3. The summed E-state index contributed by atoms with van der Waals surface area (Å²) in [6.07, 6.45) is 0. The number of hydrogen-bond donors (Lipinski definition) is 0. The summed E-state index contributed by atoms with van der Waals surface area (Å²) in [7, 11) is 0. The highest BCUT2D eigenvalue weighted by atomic mass is 35.5. The molecule has 0 saturated carbocycles. The highest BCUT2D eigenvalue weighted by Crippen LogP contribution is 2.35. The van der Waals surface area contributed by atoms with Crippen LogP contribution in [0.3, 0.4) is 0 Å². The minimum absolute atomic E-state index is 0.121. The maximum Gasteiger partial charge on any atom is 0.254 e. The van der Waals surface area contributed by atoms with Gasteiger partial charge in [0.25, 0.3) is 5.91 Å². The molecule has 1 aromatic heterocycles. The summed E-state index contributed by atoms with van der Waals surface area (Å²) in [6.45, 7) is 9.09. The van der Waals surface area contributed by atoms with E-state index in [9.17, 15) is 4.79 Å². The van der Waals surface area contributed by atoms with Crippen LogP contribution in [-0.4, -0.2) is 42.0 Å². The van der Waals surface area contributed by atoms with Crippen LogP contribution in [0, 0.1) is 20.8 Å². The minimum Gasteiger partial charge on any atom is -0.345 e. The summed E-state index contributed by atoms with van der Waals surface area (Å²) in [4.78, 5) is 21.9. The zero-order chi connectivity index (χ0) is 19.1. The van der Waals surface area contributed by atoms with E-state index in [2.05, 4.69) is 17.9 Å². The van der Waals surface area contributed by atoms with Gasteiger partial charge in [0, 0.05) is 31.7 Å². The summed E-state index contributed by atoms with van der Waals surface area (Å²) in [5, 5.41) is 1.74. The summed E-state index contributed by atoms with van der Waals surface area (Å²) in [6, 6.07) is 9.95. The molecule has 0 N–H and O–H groups in total. The second-order valence-corrected chi connectivity index (χ2v) is 8.52. The quantitative estimate of drug-likeness (QED) is 0.618. The van der Waals surface area contributed by atoms with Gasteiger partial charge in [-0.3, -0.25) is 4.79 Å².